The lowest BCUT2D eigenvalue weighted by Gasteiger charge is -2.03. The average molecular weight is 298 g/mol. The highest BCUT2D eigenvalue weighted by molar-refractivity contribution is 5.93. The highest BCUT2D eigenvalue weighted by Crippen LogP contribution is 2.01. The van der Waals surface area contributed by atoms with Gasteiger partial charge in [-0.1, -0.05) is 26.5 Å². The number of methoxy groups -OCH3 is 1. The molecular weight excluding hydrogens is 276 g/mol. The molecule has 0 rings (SSSR count). The lowest BCUT2D eigenvalue weighted by molar-refractivity contribution is -0.147. The zero-order chi connectivity index (χ0) is 16.8. The Labute approximate surface area is 125 Å². The van der Waals surface area contributed by atoms with Crippen LogP contribution >= 0.6 is 0 Å². The van der Waals surface area contributed by atoms with Crippen LogP contribution < -0.4 is 0 Å². The van der Waals surface area contributed by atoms with Gasteiger partial charge in [-0.15, -0.1) is 0 Å². The molecule has 0 aromatic rings. The zero-order valence-electron chi connectivity index (χ0n) is 12.8. The van der Waals surface area contributed by atoms with E-state index in [2.05, 4.69) is 33.9 Å². The second-order valence-corrected chi connectivity index (χ2v) is 3.81. The van der Waals surface area contributed by atoms with Crippen LogP contribution in [0.15, 0.2) is 37.1 Å². The minimum Gasteiger partial charge on any atom is -0.463 e. The van der Waals surface area contributed by atoms with Gasteiger partial charge in [-0.25, -0.2) is 14.4 Å². The van der Waals surface area contributed by atoms with Gasteiger partial charge in [0.2, 0.25) is 5.76 Å². The van der Waals surface area contributed by atoms with Crippen molar-refractivity contribution < 1.29 is 28.6 Å². The number of unbranched alkanes of at least 4 members (excludes halogenated alkanes) is 1. The average Bonchev–Trinajstić information content (AvgIpc) is 2.46. The van der Waals surface area contributed by atoms with E-state index in [1.165, 1.54) is 20.1 Å². The van der Waals surface area contributed by atoms with Gasteiger partial charge in [0.25, 0.3) is 0 Å². The van der Waals surface area contributed by atoms with E-state index in [0.29, 0.717) is 6.61 Å². The Balaban J connectivity index is 0. The summed E-state index contributed by atoms with van der Waals surface area (Å²) in [5.74, 6) is -2.14. The van der Waals surface area contributed by atoms with Gasteiger partial charge in [0, 0.05) is 11.6 Å². The standard InChI is InChI=1S/C8H10O4.C7H12O2/c1-5(2)7(9)12-6(3)8(10)11-4;1-3-5-6-9-7(8)4-2/h1,3H2,2,4H3;4H,2-3,5-6H2,1H3. The van der Waals surface area contributed by atoms with Crippen LogP contribution in [0.3, 0.4) is 0 Å². The lowest BCUT2D eigenvalue weighted by Crippen LogP contribution is -2.12. The van der Waals surface area contributed by atoms with E-state index in [1.807, 2.05) is 6.92 Å². The van der Waals surface area contributed by atoms with E-state index < -0.39 is 11.9 Å². The van der Waals surface area contributed by atoms with Crippen molar-refractivity contribution in [2.75, 3.05) is 13.7 Å². The van der Waals surface area contributed by atoms with Gasteiger partial charge >= 0.3 is 17.9 Å². The molecule has 0 aliphatic carbocycles. The number of ether oxygens (including phenoxy) is 3. The Kier molecular flexibility index (Phi) is 12.6. The number of carbonyl (C=O) groups is 3. The predicted molar refractivity (Wildman–Crippen MR) is 78.1 cm³/mol. The summed E-state index contributed by atoms with van der Waals surface area (Å²) in [5, 5.41) is 0. The first-order chi connectivity index (χ1) is 9.79. The third kappa shape index (κ3) is 12.4. The molecule has 0 saturated heterocycles. The summed E-state index contributed by atoms with van der Waals surface area (Å²) in [4.78, 5) is 31.8. The van der Waals surface area contributed by atoms with E-state index >= 15 is 0 Å². The van der Waals surface area contributed by atoms with Gasteiger partial charge in [0.05, 0.1) is 13.7 Å². The molecule has 118 valence electrons. The number of hydrogen-bond acceptors (Lipinski definition) is 6. The summed E-state index contributed by atoms with van der Waals surface area (Å²) in [6, 6.07) is 0. The molecule has 6 nitrogen and oxygen atoms in total. The van der Waals surface area contributed by atoms with Crippen LogP contribution in [0.1, 0.15) is 26.7 Å². The monoisotopic (exact) mass is 298 g/mol. The molecule has 21 heavy (non-hydrogen) atoms. The lowest BCUT2D eigenvalue weighted by atomic mass is 10.4. The van der Waals surface area contributed by atoms with Crippen molar-refractivity contribution in [3.8, 4) is 0 Å². The van der Waals surface area contributed by atoms with Crippen molar-refractivity contribution in [2.45, 2.75) is 26.7 Å². The number of hydrogen-bond donors (Lipinski definition) is 0. The zero-order valence-corrected chi connectivity index (χ0v) is 12.8. The van der Waals surface area contributed by atoms with Crippen molar-refractivity contribution in [3.05, 3.63) is 37.1 Å². The van der Waals surface area contributed by atoms with E-state index in [4.69, 9.17) is 0 Å². The van der Waals surface area contributed by atoms with Crippen molar-refractivity contribution in [3.63, 3.8) is 0 Å². The topological polar surface area (TPSA) is 78.9 Å². The first kappa shape index (κ1) is 20.9. The van der Waals surface area contributed by atoms with E-state index in [1.54, 1.807) is 0 Å². The maximum atomic E-state index is 10.8. The van der Waals surface area contributed by atoms with Crippen molar-refractivity contribution in [1.29, 1.82) is 0 Å². The Morgan fingerprint density at radius 3 is 2.10 bits per heavy atom. The molecule has 0 radical (unpaired) electrons. The second kappa shape index (κ2) is 12.7. The second-order valence-electron chi connectivity index (χ2n) is 3.81. The van der Waals surface area contributed by atoms with Gasteiger partial charge in [-0.2, -0.15) is 0 Å². The molecule has 0 spiro atoms. The molecule has 0 heterocycles. The minimum atomic E-state index is -0.774. The predicted octanol–water partition coefficient (Wildman–Crippen LogP) is 2.31. The molecule has 0 fully saturated rings. The Hall–Kier alpha value is -2.37. The van der Waals surface area contributed by atoms with Crippen LogP contribution in [0.2, 0.25) is 0 Å². The van der Waals surface area contributed by atoms with E-state index in [-0.39, 0.29) is 17.3 Å². The molecule has 0 aliphatic heterocycles. The maximum absolute atomic E-state index is 10.8. The van der Waals surface area contributed by atoms with Crippen LogP contribution in [-0.4, -0.2) is 31.6 Å². The first-order valence-electron chi connectivity index (χ1n) is 6.24. The first-order valence-corrected chi connectivity index (χ1v) is 6.24. The highest BCUT2D eigenvalue weighted by Gasteiger charge is 2.13. The third-order valence-corrected chi connectivity index (χ3v) is 1.89. The Morgan fingerprint density at radius 1 is 1.14 bits per heavy atom. The molecule has 0 N–H and O–H groups in total. The highest BCUT2D eigenvalue weighted by atomic mass is 16.6. The van der Waals surface area contributed by atoms with Crippen LogP contribution in [0.5, 0.6) is 0 Å². The van der Waals surface area contributed by atoms with Crippen LogP contribution in [-0.2, 0) is 28.6 Å². The quantitative estimate of drug-likeness (QED) is 0.236. The molecule has 0 saturated carbocycles. The van der Waals surface area contributed by atoms with Crippen molar-refractivity contribution in [1.82, 2.24) is 0 Å². The number of carbonyl (C=O) groups excluding carboxylic acids is 3. The van der Waals surface area contributed by atoms with Gasteiger partial charge in [0.15, 0.2) is 0 Å². The van der Waals surface area contributed by atoms with Crippen molar-refractivity contribution in [2.24, 2.45) is 0 Å². The molecule has 0 aliphatic rings. The third-order valence-electron chi connectivity index (χ3n) is 1.89. The van der Waals surface area contributed by atoms with Gasteiger partial charge < -0.3 is 14.2 Å². The summed E-state index contributed by atoms with van der Waals surface area (Å²) >= 11 is 0. The van der Waals surface area contributed by atoms with E-state index in [0.717, 1.165) is 12.8 Å². The smallest absolute Gasteiger partial charge is 0.373 e. The molecule has 6 heteroatoms. The fourth-order valence-electron chi connectivity index (χ4n) is 0.731. The van der Waals surface area contributed by atoms with Gasteiger partial charge in [0.1, 0.15) is 0 Å². The van der Waals surface area contributed by atoms with Crippen LogP contribution in [0.4, 0.5) is 0 Å². The Bertz CT molecular complexity index is 408. The summed E-state index contributed by atoms with van der Waals surface area (Å²) < 4.78 is 13.4. The molecule has 0 amide bonds. The SMILES string of the molecule is C=C(C)C(=O)OC(=C)C(=O)OC.C=CC(=O)OCCCC. The van der Waals surface area contributed by atoms with Gasteiger partial charge in [-0.3, -0.25) is 0 Å². The molecule has 0 bridgehead atoms. The van der Waals surface area contributed by atoms with Crippen LogP contribution in [0, 0.1) is 0 Å². The fourth-order valence-corrected chi connectivity index (χ4v) is 0.731. The Morgan fingerprint density at radius 2 is 1.71 bits per heavy atom. The molecular formula is C15H22O6. The summed E-state index contributed by atoms with van der Waals surface area (Å²) in [7, 11) is 1.17. The maximum Gasteiger partial charge on any atom is 0.373 e. The molecule has 0 unspecified atom stereocenters. The van der Waals surface area contributed by atoms with Gasteiger partial charge in [-0.05, 0) is 19.9 Å². The normalized spacial score (nSPS) is 8.52. The molecule has 0 aromatic carbocycles. The minimum absolute atomic E-state index is 0.194. The number of rotatable bonds is 7. The summed E-state index contributed by atoms with van der Waals surface area (Å²) in [6.07, 6.45) is 3.15. The van der Waals surface area contributed by atoms with Crippen LogP contribution in [0.25, 0.3) is 0 Å². The van der Waals surface area contributed by atoms with E-state index in [9.17, 15) is 14.4 Å². The largest absolute Gasteiger partial charge is 0.463 e. The summed E-state index contributed by atoms with van der Waals surface area (Å²) in [6.45, 7) is 13.8. The molecule has 0 atom stereocenters. The number of esters is 3. The molecule has 0 aromatic heterocycles. The summed E-state index contributed by atoms with van der Waals surface area (Å²) in [5.41, 5.74) is 0.194. The van der Waals surface area contributed by atoms with Crippen molar-refractivity contribution >= 4 is 17.9 Å². The fraction of sp³-hybridized carbons (Fsp3) is 0.400.